The molecule has 1 saturated carbocycles. The van der Waals surface area contributed by atoms with Crippen molar-refractivity contribution in [2.24, 2.45) is 5.92 Å². The number of rotatable bonds is 9. The van der Waals surface area contributed by atoms with E-state index in [2.05, 4.69) is 6.08 Å². The molecule has 3 rings (SSSR count). The molecular formula is C27H32F4O. The number of ether oxygens (including phenoxy) is 1. The van der Waals surface area contributed by atoms with Crippen molar-refractivity contribution in [2.75, 3.05) is 6.61 Å². The SMILES string of the molecule is CCCc1ccc(C2CCC(/C=C/CCc3ccc(OCC)c(F)c3F)CC2)c(F)c1F. The Balaban J connectivity index is 1.50. The van der Waals surface area contributed by atoms with Gasteiger partial charge in [-0.2, -0.15) is 4.39 Å². The summed E-state index contributed by atoms with van der Waals surface area (Å²) < 4.78 is 62.1. The highest BCUT2D eigenvalue weighted by Gasteiger charge is 2.25. The lowest BCUT2D eigenvalue weighted by Crippen LogP contribution is -2.14. The Morgan fingerprint density at radius 1 is 0.812 bits per heavy atom. The van der Waals surface area contributed by atoms with Crippen molar-refractivity contribution in [1.29, 1.82) is 0 Å². The van der Waals surface area contributed by atoms with Crippen LogP contribution in [0.25, 0.3) is 0 Å². The lowest BCUT2D eigenvalue weighted by atomic mass is 9.78. The molecule has 0 spiro atoms. The smallest absolute Gasteiger partial charge is 0.200 e. The summed E-state index contributed by atoms with van der Waals surface area (Å²) in [5.74, 6) is -2.78. The van der Waals surface area contributed by atoms with Gasteiger partial charge in [-0.3, -0.25) is 0 Å². The van der Waals surface area contributed by atoms with Gasteiger partial charge in [0, 0.05) is 0 Å². The molecule has 1 aliphatic carbocycles. The minimum Gasteiger partial charge on any atom is -0.491 e. The number of aryl methyl sites for hydroxylation is 2. The molecule has 1 fully saturated rings. The zero-order chi connectivity index (χ0) is 23.1. The van der Waals surface area contributed by atoms with Crippen molar-refractivity contribution < 1.29 is 22.3 Å². The van der Waals surface area contributed by atoms with Crippen LogP contribution < -0.4 is 4.74 Å². The lowest BCUT2D eigenvalue weighted by Gasteiger charge is -2.27. The van der Waals surface area contributed by atoms with Crippen LogP contribution in [0.1, 0.15) is 75.0 Å². The molecule has 0 radical (unpaired) electrons. The van der Waals surface area contributed by atoms with E-state index in [0.29, 0.717) is 41.9 Å². The van der Waals surface area contributed by atoms with Crippen LogP contribution in [0.4, 0.5) is 17.6 Å². The summed E-state index contributed by atoms with van der Waals surface area (Å²) in [6, 6.07) is 6.53. The lowest BCUT2D eigenvalue weighted by molar-refractivity contribution is 0.313. The van der Waals surface area contributed by atoms with Crippen LogP contribution >= 0.6 is 0 Å². The van der Waals surface area contributed by atoms with E-state index in [9.17, 15) is 17.6 Å². The van der Waals surface area contributed by atoms with Gasteiger partial charge in [-0.05, 0) is 86.5 Å². The minimum atomic E-state index is -0.932. The molecule has 174 valence electrons. The molecule has 0 N–H and O–H groups in total. The van der Waals surface area contributed by atoms with Gasteiger partial charge >= 0.3 is 0 Å². The highest BCUT2D eigenvalue weighted by Crippen LogP contribution is 2.38. The topological polar surface area (TPSA) is 9.23 Å². The second kappa shape index (κ2) is 11.5. The van der Waals surface area contributed by atoms with Gasteiger partial charge in [0.05, 0.1) is 6.61 Å². The monoisotopic (exact) mass is 448 g/mol. The van der Waals surface area contributed by atoms with Gasteiger partial charge in [0.15, 0.2) is 23.2 Å². The predicted molar refractivity (Wildman–Crippen MR) is 120 cm³/mol. The third-order valence-electron chi connectivity index (χ3n) is 6.34. The summed E-state index contributed by atoms with van der Waals surface area (Å²) in [6.07, 6.45) is 9.95. The van der Waals surface area contributed by atoms with Gasteiger partial charge in [-0.1, -0.05) is 43.7 Å². The van der Waals surface area contributed by atoms with Crippen molar-refractivity contribution in [3.8, 4) is 5.75 Å². The summed E-state index contributed by atoms with van der Waals surface area (Å²) in [7, 11) is 0. The highest BCUT2D eigenvalue weighted by atomic mass is 19.2. The first-order chi connectivity index (χ1) is 15.5. The summed E-state index contributed by atoms with van der Waals surface area (Å²) in [6.45, 7) is 3.96. The number of benzene rings is 2. The summed E-state index contributed by atoms with van der Waals surface area (Å²) in [5, 5.41) is 0. The summed E-state index contributed by atoms with van der Waals surface area (Å²) in [4.78, 5) is 0. The average Bonchev–Trinajstić information content (AvgIpc) is 2.80. The van der Waals surface area contributed by atoms with Gasteiger partial charge in [-0.25, -0.2) is 13.2 Å². The van der Waals surface area contributed by atoms with Crippen LogP contribution in [0.5, 0.6) is 5.75 Å². The number of hydrogen-bond acceptors (Lipinski definition) is 1. The van der Waals surface area contributed by atoms with E-state index in [1.807, 2.05) is 13.0 Å². The molecule has 1 aliphatic rings. The molecule has 5 heteroatoms. The normalized spacial score (nSPS) is 18.9. The Labute approximate surface area is 188 Å². The first-order valence-corrected chi connectivity index (χ1v) is 11.7. The molecule has 0 saturated heterocycles. The maximum Gasteiger partial charge on any atom is 0.200 e. The van der Waals surface area contributed by atoms with E-state index >= 15 is 0 Å². The third kappa shape index (κ3) is 5.73. The Kier molecular flexibility index (Phi) is 8.77. The van der Waals surface area contributed by atoms with Crippen molar-refractivity contribution in [3.63, 3.8) is 0 Å². The molecule has 0 aromatic heterocycles. The van der Waals surface area contributed by atoms with Gasteiger partial charge in [0.2, 0.25) is 5.82 Å². The van der Waals surface area contributed by atoms with E-state index in [-0.39, 0.29) is 18.3 Å². The van der Waals surface area contributed by atoms with Crippen LogP contribution in [0.2, 0.25) is 0 Å². The molecule has 2 aromatic rings. The Morgan fingerprint density at radius 3 is 2.16 bits per heavy atom. The molecule has 1 nitrogen and oxygen atoms in total. The van der Waals surface area contributed by atoms with Gasteiger partial charge in [0.1, 0.15) is 0 Å². The number of halogens is 4. The number of allylic oxidation sites excluding steroid dienone is 2. The van der Waals surface area contributed by atoms with E-state index in [4.69, 9.17) is 4.74 Å². The van der Waals surface area contributed by atoms with E-state index in [0.717, 1.165) is 32.1 Å². The van der Waals surface area contributed by atoms with Crippen molar-refractivity contribution in [2.45, 2.75) is 71.1 Å². The Hall–Kier alpha value is -2.30. The second-order valence-electron chi connectivity index (χ2n) is 8.55. The second-order valence-corrected chi connectivity index (χ2v) is 8.55. The van der Waals surface area contributed by atoms with Crippen molar-refractivity contribution in [3.05, 3.63) is 76.4 Å². The van der Waals surface area contributed by atoms with E-state index in [1.165, 1.54) is 6.07 Å². The standard InChI is InChI=1S/C27H32F4O/c1-3-7-20-14-16-22(26(30)24(20)28)19-12-10-18(11-13-19)8-5-6-9-21-15-17-23(32-4-2)27(31)25(21)29/h5,8,14-19H,3-4,6-7,9-13H2,1-2H3/b8-5+. The van der Waals surface area contributed by atoms with Crippen LogP contribution in [-0.4, -0.2) is 6.61 Å². The largest absolute Gasteiger partial charge is 0.491 e. The van der Waals surface area contributed by atoms with Crippen LogP contribution in [0, 0.1) is 29.2 Å². The summed E-state index contributed by atoms with van der Waals surface area (Å²) in [5.41, 5.74) is 1.29. The van der Waals surface area contributed by atoms with Gasteiger partial charge in [-0.15, -0.1) is 0 Å². The molecule has 2 aromatic carbocycles. The fourth-order valence-electron chi connectivity index (χ4n) is 4.56. The molecule has 32 heavy (non-hydrogen) atoms. The highest BCUT2D eigenvalue weighted by molar-refractivity contribution is 5.32. The minimum absolute atomic E-state index is 0.0470. The molecule has 0 heterocycles. The fourth-order valence-corrected chi connectivity index (χ4v) is 4.56. The van der Waals surface area contributed by atoms with Crippen molar-refractivity contribution in [1.82, 2.24) is 0 Å². The maximum atomic E-state index is 14.6. The first-order valence-electron chi connectivity index (χ1n) is 11.7. The summed E-state index contributed by atoms with van der Waals surface area (Å²) >= 11 is 0. The molecular weight excluding hydrogens is 416 g/mol. The fraction of sp³-hybridized carbons (Fsp3) is 0.481. The van der Waals surface area contributed by atoms with Crippen LogP contribution in [0.3, 0.4) is 0 Å². The van der Waals surface area contributed by atoms with Crippen LogP contribution in [0.15, 0.2) is 36.4 Å². The quantitative estimate of drug-likeness (QED) is 0.278. The molecule has 0 unspecified atom stereocenters. The molecule has 0 atom stereocenters. The molecule has 0 amide bonds. The molecule has 0 bridgehead atoms. The van der Waals surface area contributed by atoms with E-state index in [1.54, 1.807) is 25.1 Å². The predicted octanol–water partition coefficient (Wildman–Crippen LogP) is 8.06. The zero-order valence-corrected chi connectivity index (χ0v) is 18.9. The first kappa shape index (κ1) is 24.3. The van der Waals surface area contributed by atoms with E-state index < -0.39 is 23.3 Å². The van der Waals surface area contributed by atoms with Crippen LogP contribution in [-0.2, 0) is 12.8 Å². The van der Waals surface area contributed by atoms with Crippen molar-refractivity contribution >= 4 is 0 Å². The Morgan fingerprint density at radius 2 is 1.47 bits per heavy atom. The maximum absolute atomic E-state index is 14.6. The Bertz CT molecular complexity index is 930. The zero-order valence-electron chi connectivity index (χ0n) is 18.9. The van der Waals surface area contributed by atoms with Gasteiger partial charge in [0.25, 0.3) is 0 Å². The van der Waals surface area contributed by atoms with Gasteiger partial charge < -0.3 is 4.74 Å². The molecule has 0 aliphatic heterocycles. The number of hydrogen-bond donors (Lipinski definition) is 0. The third-order valence-corrected chi connectivity index (χ3v) is 6.34. The average molecular weight is 449 g/mol.